The van der Waals surface area contributed by atoms with Gasteiger partial charge >= 0.3 is 0 Å². The number of hydrogen-bond acceptors (Lipinski definition) is 2. The van der Waals surface area contributed by atoms with Crippen LogP contribution in [-0.4, -0.2) is 11.4 Å². The molecule has 1 atom stereocenters. The van der Waals surface area contributed by atoms with E-state index in [1.807, 2.05) is 11.3 Å². The van der Waals surface area contributed by atoms with Crippen LogP contribution in [0.5, 0.6) is 0 Å². The summed E-state index contributed by atoms with van der Waals surface area (Å²) in [6.07, 6.45) is 1.17. The summed E-state index contributed by atoms with van der Waals surface area (Å²) in [6, 6.07) is 9.17. The normalized spacial score (nSPS) is 13.1. The Balaban J connectivity index is 2.04. The molecule has 3 heteroatoms. The molecule has 0 fully saturated rings. The van der Waals surface area contributed by atoms with Gasteiger partial charge in [0.2, 0.25) is 0 Å². The molecule has 1 unspecified atom stereocenters. The average molecular weight is 298 g/mol. The summed E-state index contributed by atoms with van der Waals surface area (Å²) in [5.74, 6) is 0. The van der Waals surface area contributed by atoms with Gasteiger partial charge in [0, 0.05) is 22.6 Å². The lowest BCUT2D eigenvalue weighted by atomic mass is 10.1. The maximum absolute atomic E-state index is 3.55. The summed E-state index contributed by atoms with van der Waals surface area (Å²) in [7, 11) is 0. The first kappa shape index (κ1) is 12.1. The number of benzene rings is 1. The van der Waals surface area contributed by atoms with Crippen molar-refractivity contribution in [1.82, 2.24) is 5.32 Å². The zero-order chi connectivity index (χ0) is 11.4. The topological polar surface area (TPSA) is 12.0 Å². The summed E-state index contributed by atoms with van der Waals surface area (Å²) in [5, 5.41) is 8.27. The third kappa shape index (κ3) is 2.84. The van der Waals surface area contributed by atoms with E-state index in [9.17, 15) is 0 Å². The molecule has 1 aromatic carbocycles. The Morgan fingerprint density at radius 2 is 2.19 bits per heavy atom. The van der Waals surface area contributed by atoms with E-state index < -0.39 is 0 Å². The molecule has 0 aliphatic carbocycles. The van der Waals surface area contributed by atoms with E-state index in [4.69, 9.17) is 0 Å². The lowest BCUT2D eigenvalue weighted by Crippen LogP contribution is -2.25. The monoisotopic (exact) mass is 297 g/mol. The van der Waals surface area contributed by atoms with Crippen LogP contribution in [0, 0.1) is 0 Å². The lowest BCUT2D eigenvalue weighted by molar-refractivity contribution is 0.540. The molecule has 0 aliphatic rings. The van der Waals surface area contributed by atoms with Gasteiger partial charge in [0.05, 0.1) is 0 Å². The Hall–Kier alpha value is -0.380. The molecule has 0 saturated carbocycles. The van der Waals surface area contributed by atoms with Crippen molar-refractivity contribution in [1.29, 1.82) is 0 Å². The molecule has 16 heavy (non-hydrogen) atoms. The van der Waals surface area contributed by atoms with Crippen molar-refractivity contribution in [2.45, 2.75) is 25.9 Å². The maximum Gasteiger partial charge on any atom is 0.0346 e. The number of rotatable bonds is 5. The van der Waals surface area contributed by atoms with Crippen molar-refractivity contribution in [2.24, 2.45) is 0 Å². The minimum atomic E-state index is 0.568. The highest BCUT2D eigenvalue weighted by molar-refractivity contribution is 9.09. The van der Waals surface area contributed by atoms with E-state index in [-0.39, 0.29) is 0 Å². The SMILES string of the molecule is CC(CCBr)NCc1csc2ccccc12. The largest absolute Gasteiger partial charge is 0.310 e. The zero-order valence-electron chi connectivity index (χ0n) is 9.37. The molecule has 0 spiro atoms. The molecule has 1 N–H and O–H groups in total. The van der Waals surface area contributed by atoms with Crippen LogP contribution in [0.1, 0.15) is 18.9 Å². The summed E-state index contributed by atoms with van der Waals surface area (Å²) < 4.78 is 1.38. The Kier molecular flexibility index (Phi) is 4.38. The van der Waals surface area contributed by atoms with Gasteiger partial charge in [-0.2, -0.15) is 0 Å². The quantitative estimate of drug-likeness (QED) is 0.817. The number of alkyl halides is 1. The Morgan fingerprint density at radius 3 is 3.00 bits per heavy atom. The summed E-state index contributed by atoms with van der Waals surface area (Å²) in [4.78, 5) is 0. The predicted molar refractivity (Wildman–Crippen MR) is 76.5 cm³/mol. The average Bonchev–Trinajstić information content (AvgIpc) is 2.70. The van der Waals surface area contributed by atoms with Crippen LogP contribution in [-0.2, 0) is 6.54 Å². The van der Waals surface area contributed by atoms with Gasteiger partial charge in [0.15, 0.2) is 0 Å². The highest BCUT2D eigenvalue weighted by Gasteiger charge is 2.05. The van der Waals surface area contributed by atoms with Crippen LogP contribution in [0.2, 0.25) is 0 Å². The number of fused-ring (bicyclic) bond motifs is 1. The number of thiophene rings is 1. The first-order valence-corrected chi connectivity index (χ1v) is 7.56. The number of hydrogen-bond donors (Lipinski definition) is 1. The fraction of sp³-hybridized carbons (Fsp3) is 0.385. The van der Waals surface area contributed by atoms with Gasteiger partial charge in [-0.25, -0.2) is 0 Å². The van der Waals surface area contributed by atoms with Crippen molar-refractivity contribution >= 4 is 37.4 Å². The van der Waals surface area contributed by atoms with Gasteiger partial charge < -0.3 is 5.32 Å². The van der Waals surface area contributed by atoms with Crippen molar-refractivity contribution in [3.63, 3.8) is 0 Å². The number of nitrogens with one attached hydrogen (secondary N) is 1. The molecule has 0 amide bonds. The van der Waals surface area contributed by atoms with Gasteiger partial charge in [-0.1, -0.05) is 34.1 Å². The van der Waals surface area contributed by atoms with Crippen molar-refractivity contribution in [3.8, 4) is 0 Å². The van der Waals surface area contributed by atoms with Crippen molar-refractivity contribution in [3.05, 3.63) is 35.2 Å². The van der Waals surface area contributed by atoms with Crippen molar-refractivity contribution < 1.29 is 0 Å². The van der Waals surface area contributed by atoms with Gasteiger partial charge in [-0.15, -0.1) is 11.3 Å². The van der Waals surface area contributed by atoms with Crippen LogP contribution in [0.15, 0.2) is 29.6 Å². The fourth-order valence-electron chi connectivity index (χ4n) is 1.72. The fourth-order valence-corrected chi connectivity index (χ4v) is 3.37. The molecule has 0 radical (unpaired) electrons. The molecule has 1 aromatic heterocycles. The van der Waals surface area contributed by atoms with Crippen LogP contribution in [0.25, 0.3) is 10.1 Å². The zero-order valence-corrected chi connectivity index (χ0v) is 11.8. The highest BCUT2D eigenvalue weighted by atomic mass is 79.9. The van der Waals surface area contributed by atoms with E-state index in [1.54, 1.807) is 0 Å². The molecule has 1 nitrogen and oxygen atoms in total. The predicted octanol–water partition coefficient (Wildman–Crippen LogP) is 4.16. The van der Waals surface area contributed by atoms with Gasteiger partial charge in [0.25, 0.3) is 0 Å². The minimum absolute atomic E-state index is 0.568. The molecule has 86 valence electrons. The van der Waals surface area contributed by atoms with Crippen molar-refractivity contribution in [2.75, 3.05) is 5.33 Å². The van der Waals surface area contributed by atoms with E-state index in [0.29, 0.717) is 6.04 Å². The molecular formula is C13H16BrNS. The molecule has 2 rings (SSSR count). The first-order chi connectivity index (χ1) is 7.81. The molecule has 2 aromatic rings. The highest BCUT2D eigenvalue weighted by Crippen LogP contribution is 2.25. The smallest absolute Gasteiger partial charge is 0.0346 e. The van der Waals surface area contributed by atoms with Crippen LogP contribution >= 0.6 is 27.3 Å². The minimum Gasteiger partial charge on any atom is -0.310 e. The van der Waals surface area contributed by atoms with Crippen LogP contribution in [0.3, 0.4) is 0 Å². The van der Waals surface area contributed by atoms with E-state index >= 15 is 0 Å². The second-order valence-electron chi connectivity index (χ2n) is 4.02. The van der Waals surface area contributed by atoms with Gasteiger partial charge in [-0.3, -0.25) is 0 Å². The lowest BCUT2D eigenvalue weighted by Gasteiger charge is -2.11. The molecule has 0 saturated heterocycles. The Morgan fingerprint density at radius 1 is 1.38 bits per heavy atom. The van der Waals surface area contributed by atoms with Gasteiger partial charge in [0.1, 0.15) is 0 Å². The van der Waals surface area contributed by atoms with Gasteiger partial charge in [-0.05, 0) is 35.7 Å². The maximum atomic E-state index is 3.55. The third-order valence-corrected chi connectivity index (χ3v) is 4.21. The second-order valence-corrected chi connectivity index (χ2v) is 5.72. The summed E-state index contributed by atoms with van der Waals surface area (Å²) in [5.41, 5.74) is 1.42. The third-order valence-electron chi connectivity index (χ3n) is 2.74. The standard InChI is InChI=1S/C13H16BrNS/c1-10(6-7-14)15-8-11-9-16-13-5-3-2-4-12(11)13/h2-5,9-10,15H,6-8H2,1H3. The van der Waals surface area contributed by atoms with E-state index in [0.717, 1.165) is 11.9 Å². The second kappa shape index (κ2) is 5.80. The Bertz CT molecular complexity index is 452. The molecular weight excluding hydrogens is 282 g/mol. The van der Waals surface area contributed by atoms with E-state index in [2.05, 4.69) is 57.8 Å². The Labute approximate surface area is 109 Å². The molecule has 0 aliphatic heterocycles. The molecule has 0 bridgehead atoms. The van der Waals surface area contributed by atoms with Crippen LogP contribution < -0.4 is 5.32 Å². The summed E-state index contributed by atoms with van der Waals surface area (Å²) >= 11 is 5.30. The summed E-state index contributed by atoms with van der Waals surface area (Å²) in [6.45, 7) is 3.20. The van der Waals surface area contributed by atoms with Crippen LogP contribution in [0.4, 0.5) is 0 Å². The first-order valence-electron chi connectivity index (χ1n) is 5.55. The van der Waals surface area contributed by atoms with E-state index in [1.165, 1.54) is 22.1 Å². The molecule has 1 heterocycles. The number of halogens is 1.